The van der Waals surface area contributed by atoms with Crippen LogP contribution in [0.4, 0.5) is 4.39 Å². The van der Waals surface area contributed by atoms with Gasteiger partial charge in [-0.15, -0.1) is 6.58 Å². The number of hydrogen-bond donors (Lipinski definition) is 1. The van der Waals surface area contributed by atoms with Crippen LogP contribution in [0.1, 0.15) is 24.9 Å². The van der Waals surface area contributed by atoms with Crippen LogP contribution in [-0.2, 0) is 0 Å². The van der Waals surface area contributed by atoms with Crippen LogP contribution in [0.15, 0.2) is 35.3 Å². The van der Waals surface area contributed by atoms with Crippen molar-refractivity contribution in [3.63, 3.8) is 0 Å². The third-order valence-electron chi connectivity index (χ3n) is 2.23. The van der Waals surface area contributed by atoms with E-state index in [9.17, 15) is 4.39 Å². The van der Waals surface area contributed by atoms with Gasteiger partial charge in [-0.1, -0.05) is 28.1 Å². The summed E-state index contributed by atoms with van der Waals surface area (Å²) < 4.78 is 13.7. The second-order valence-electron chi connectivity index (χ2n) is 3.42. The number of rotatable bonds is 5. The molecule has 0 amide bonds. The van der Waals surface area contributed by atoms with Gasteiger partial charge in [-0.05, 0) is 37.6 Å². The molecule has 1 rings (SSSR count). The molecule has 0 aromatic heterocycles. The molecule has 1 N–H and O–H groups in total. The van der Waals surface area contributed by atoms with Gasteiger partial charge in [0.2, 0.25) is 0 Å². The molecule has 3 heteroatoms. The Balaban J connectivity index is 2.64. The molecule has 1 aromatic rings. The minimum absolute atomic E-state index is 0.208. The summed E-state index contributed by atoms with van der Waals surface area (Å²) in [6.07, 6.45) is 2.81. The van der Waals surface area contributed by atoms with Crippen LogP contribution in [-0.4, -0.2) is 6.54 Å². The molecule has 0 fully saturated rings. The van der Waals surface area contributed by atoms with E-state index in [4.69, 9.17) is 0 Å². The first-order valence-corrected chi connectivity index (χ1v) is 5.73. The van der Waals surface area contributed by atoms with Gasteiger partial charge in [-0.3, -0.25) is 0 Å². The minimum Gasteiger partial charge on any atom is -0.310 e. The first-order chi connectivity index (χ1) is 7.15. The quantitative estimate of drug-likeness (QED) is 0.634. The van der Waals surface area contributed by atoms with E-state index in [0.29, 0.717) is 0 Å². The number of nitrogens with one attached hydrogen (secondary N) is 1. The van der Waals surface area contributed by atoms with E-state index < -0.39 is 0 Å². The minimum atomic E-state index is -0.219. The fourth-order valence-electron chi connectivity index (χ4n) is 1.36. The molecule has 0 spiro atoms. The van der Waals surface area contributed by atoms with Gasteiger partial charge in [0.15, 0.2) is 0 Å². The third-order valence-corrected chi connectivity index (χ3v) is 2.91. The summed E-state index contributed by atoms with van der Waals surface area (Å²) in [5, 5.41) is 3.34. The smallest absolute Gasteiger partial charge is 0.124 e. The topological polar surface area (TPSA) is 12.0 Å². The van der Waals surface area contributed by atoms with Crippen molar-refractivity contribution in [3.8, 4) is 0 Å². The van der Waals surface area contributed by atoms with Crippen molar-refractivity contribution in [3.05, 3.63) is 46.7 Å². The van der Waals surface area contributed by atoms with Crippen molar-refractivity contribution >= 4 is 15.9 Å². The normalized spacial score (nSPS) is 12.5. The maximum atomic E-state index is 12.9. The standard InChI is InChI=1S/C12H15BrFN/c1-3-4-7-15-9(2)11-6-5-10(14)8-12(11)13/h3,5-6,8-9,15H,1,4,7H2,2H3. The Kier molecular flexibility index (Phi) is 4.99. The van der Waals surface area contributed by atoms with E-state index in [1.54, 1.807) is 6.07 Å². The number of halogens is 2. The Hall–Kier alpha value is -0.670. The second-order valence-corrected chi connectivity index (χ2v) is 4.27. The molecule has 0 heterocycles. The van der Waals surface area contributed by atoms with E-state index >= 15 is 0 Å². The van der Waals surface area contributed by atoms with Gasteiger partial charge < -0.3 is 5.32 Å². The van der Waals surface area contributed by atoms with Crippen molar-refractivity contribution in [2.24, 2.45) is 0 Å². The lowest BCUT2D eigenvalue weighted by atomic mass is 10.1. The molecule has 1 aromatic carbocycles. The average molecular weight is 272 g/mol. The fraction of sp³-hybridized carbons (Fsp3) is 0.333. The first kappa shape index (κ1) is 12.4. The average Bonchev–Trinajstić information content (AvgIpc) is 2.17. The molecule has 0 radical (unpaired) electrons. The molecule has 0 bridgehead atoms. The van der Waals surface area contributed by atoms with Gasteiger partial charge in [0, 0.05) is 10.5 Å². The van der Waals surface area contributed by atoms with Crippen LogP contribution < -0.4 is 5.32 Å². The van der Waals surface area contributed by atoms with Crippen molar-refractivity contribution in [2.75, 3.05) is 6.54 Å². The first-order valence-electron chi connectivity index (χ1n) is 4.94. The zero-order valence-electron chi connectivity index (χ0n) is 8.76. The van der Waals surface area contributed by atoms with E-state index in [-0.39, 0.29) is 11.9 Å². The lowest BCUT2D eigenvalue weighted by Gasteiger charge is -2.15. The van der Waals surface area contributed by atoms with Gasteiger partial charge in [0.25, 0.3) is 0 Å². The molecule has 15 heavy (non-hydrogen) atoms. The molecule has 0 aliphatic rings. The van der Waals surface area contributed by atoms with Crippen LogP contribution in [0, 0.1) is 5.82 Å². The Morgan fingerprint density at radius 2 is 2.33 bits per heavy atom. The Labute approximate surface area is 98.5 Å². The van der Waals surface area contributed by atoms with Gasteiger partial charge in [0.1, 0.15) is 5.82 Å². The highest BCUT2D eigenvalue weighted by Gasteiger charge is 2.08. The summed E-state index contributed by atoms with van der Waals surface area (Å²) in [7, 11) is 0. The van der Waals surface area contributed by atoms with Crippen LogP contribution in [0.2, 0.25) is 0 Å². The number of benzene rings is 1. The summed E-state index contributed by atoms with van der Waals surface area (Å²) in [5.74, 6) is -0.219. The molecule has 82 valence electrons. The summed E-state index contributed by atoms with van der Waals surface area (Å²) in [5.41, 5.74) is 1.07. The van der Waals surface area contributed by atoms with Gasteiger partial charge in [-0.2, -0.15) is 0 Å². The monoisotopic (exact) mass is 271 g/mol. The molecule has 0 aliphatic carbocycles. The molecule has 1 atom stereocenters. The van der Waals surface area contributed by atoms with Crippen molar-refractivity contribution in [2.45, 2.75) is 19.4 Å². The summed E-state index contributed by atoms with van der Waals surface area (Å²) in [4.78, 5) is 0. The maximum absolute atomic E-state index is 12.9. The Morgan fingerprint density at radius 3 is 2.93 bits per heavy atom. The number of hydrogen-bond acceptors (Lipinski definition) is 1. The fourth-order valence-corrected chi connectivity index (χ4v) is 2.06. The second kappa shape index (κ2) is 6.03. The van der Waals surface area contributed by atoms with Crippen LogP contribution in [0.5, 0.6) is 0 Å². The molecule has 1 unspecified atom stereocenters. The lowest BCUT2D eigenvalue weighted by Crippen LogP contribution is -2.19. The Bertz CT molecular complexity index is 338. The predicted molar refractivity (Wildman–Crippen MR) is 65.3 cm³/mol. The highest BCUT2D eigenvalue weighted by atomic mass is 79.9. The van der Waals surface area contributed by atoms with Gasteiger partial charge >= 0.3 is 0 Å². The van der Waals surface area contributed by atoms with Crippen LogP contribution >= 0.6 is 15.9 Å². The van der Waals surface area contributed by atoms with Crippen LogP contribution in [0.3, 0.4) is 0 Å². The largest absolute Gasteiger partial charge is 0.310 e. The van der Waals surface area contributed by atoms with Crippen molar-refractivity contribution < 1.29 is 4.39 Å². The molecular formula is C12H15BrFN. The molecular weight excluding hydrogens is 257 g/mol. The summed E-state index contributed by atoms with van der Waals surface area (Å²) in [6, 6.07) is 4.97. The van der Waals surface area contributed by atoms with Crippen LogP contribution in [0.25, 0.3) is 0 Å². The predicted octanol–water partition coefficient (Wildman–Crippen LogP) is 3.81. The van der Waals surface area contributed by atoms with E-state index in [1.807, 2.05) is 6.08 Å². The van der Waals surface area contributed by atoms with E-state index in [1.165, 1.54) is 12.1 Å². The lowest BCUT2D eigenvalue weighted by molar-refractivity contribution is 0.575. The van der Waals surface area contributed by atoms with Gasteiger partial charge in [0.05, 0.1) is 0 Å². The van der Waals surface area contributed by atoms with E-state index in [0.717, 1.165) is 23.0 Å². The maximum Gasteiger partial charge on any atom is 0.124 e. The SMILES string of the molecule is C=CCCNC(C)c1ccc(F)cc1Br. The molecule has 0 aliphatic heterocycles. The summed E-state index contributed by atoms with van der Waals surface area (Å²) in [6.45, 7) is 6.60. The van der Waals surface area contributed by atoms with Crippen molar-refractivity contribution in [1.29, 1.82) is 0 Å². The molecule has 0 saturated heterocycles. The molecule has 0 saturated carbocycles. The highest BCUT2D eigenvalue weighted by molar-refractivity contribution is 9.10. The third kappa shape index (κ3) is 3.76. The van der Waals surface area contributed by atoms with Crippen molar-refractivity contribution in [1.82, 2.24) is 5.32 Å². The molecule has 1 nitrogen and oxygen atoms in total. The zero-order valence-corrected chi connectivity index (χ0v) is 10.3. The van der Waals surface area contributed by atoms with Gasteiger partial charge in [-0.25, -0.2) is 4.39 Å². The zero-order chi connectivity index (χ0) is 11.3. The highest BCUT2D eigenvalue weighted by Crippen LogP contribution is 2.23. The Morgan fingerprint density at radius 1 is 1.60 bits per heavy atom. The summed E-state index contributed by atoms with van der Waals surface area (Å²) >= 11 is 3.36. The van der Waals surface area contributed by atoms with E-state index in [2.05, 4.69) is 34.7 Å².